The summed E-state index contributed by atoms with van der Waals surface area (Å²) >= 11 is 0. The smallest absolute Gasteiger partial charge is 0.238 e. The van der Waals surface area contributed by atoms with Crippen molar-refractivity contribution < 1.29 is 17.9 Å². The van der Waals surface area contributed by atoms with Gasteiger partial charge in [0, 0.05) is 31.5 Å². The first kappa shape index (κ1) is 19.4. The van der Waals surface area contributed by atoms with Crippen LogP contribution in [0.1, 0.15) is 24.2 Å². The number of hydrogen-bond donors (Lipinski definition) is 0. The minimum Gasteiger partial charge on any atom is -0.497 e. The van der Waals surface area contributed by atoms with Crippen LogP contribution in [0.15, 0.2) is 42.6 Å². The van der Waals surface area contributed by atoms with E-state index in [-0.39, 0.29) is 25.0 Å². The van der Waals surface area contributed by atoms with E-state index in [1.54, 1.807) is 18.9 Å². The van der Waals surface area contributed by atoms with Crippen molar-refractivity contribution >= 4 is 15.9 Å². The molecule has 1 aromatic carbocycles. The van der Waals surface area contributed by atoms with E-state index in [1.165, 1.54) is 4.31 Å². The molecule has 0 fully saturated rings. The normalized spacial score (nSPS) is 17.0. The average molecular weight is 391 g/mol. The number of hydrogen-bond acceptors (Lipinski definition) is 4. The molecule has 0 aliphatic carbocycles. The standard InChI is InChI=1S/C19H25N3O4S/c1-4-21(27(3,24)25)14-18(23)22-12-11-20-10-6-9-17(20)19(22)15-7-5-8-16(13-15)26-2/h5-10,13,19H,4,11-12,14H2,1-3H3/t19-/m0/s1. The van der Waals surface area contributed by atoms with Gasteiger partial charge in [-0.15, -0.1) is 0 Å². The van der Waals surface area contributed by atoms with E-state index >= 15 is 0 Å². The highest BCUT2D eigenvalue weighted by atomic mass is 32.2. The van der Waals surface area contributed by atoms with Gasteiger partial charge in [-0.2, -0.15) is 4.31 Å². The summed E-state index contributed by atoms with van der Waals surface area (Å²) in [6.45, 7) is 3.04. The number of carbonyl (C=O) groups is 1. The first-order valence-electron chi connectivity index (χ1n) is 8.88. The van der Waals surface area contributed by atoms with Crippen molar-refractivity contribution in [2.45, 2.75) is 19.5 Å². The molecule has 1 aromatic heterocycles. The van der Waals surface area contributed by atoms with Gasteiger partial charge in [0.2, 0.25) is 15.9 Å². The fourth-order valence-corrected chi connectivity index (χ4v) is 4.33. The van der Waals surface area contributed by atoms with Crippen molar-refractivity contribution in [2.75, 3.05) is 33.0 Å². The van der Waals surface area contributed by atoms with Gasteiger partial charge in [-0.25, -0.2) is 8.42 Å². The molecule has 2 heterocycles. The fraction of sp³-hybridized carbons (Fsp3) is 0.421. The van der Waals surface area contributed by atoms with Crippen LogP contribution in [0, 0.1) is 0 Å². The maximum Gasteiger partial charge on any atom is 0.238 e. The molecule has 0 unspecified atom stereocenters. The zero-order chi connectivity index (χ0) is 19.6. The van der Waals surface area contributed by atoms with Crippen molar-refractivity contribution in [3.63, 3.8) is 0 Å². The zero-order valence-corrected chi connectivity index (χ0v) is 16.6. The number of benzene rings is 1. The summed E-state index contributed by atoms with van der Waals surface area (Å²) < 4.78 is 32.5. The third-order valence-corrected chi connectivity index (χ3v) is 6.23. The molecule has 1 amide bonds. The highest BCUT2D eigenvalue weighted by molar-refractivity contribution is 7.88. The Labute approximate surface area is 160 Å². The predicted octanol–water partition coefficient (Wildman–Crippen LogP) is 1.71. The summed E-state index contributed by atoms with van der Waals surface area (Å²) in [5.74, 6) is 0.512. The lowest BCUT2D eigenvalue weighted by molar-refractivity contribution is -0.134. The van der Waals surface area contributed by atoms with E-state index in [9.17, 15) is 13.2 Å². The maximum atomic E-state index is 13.1. The number of likely N-dealkylation sites (N-methyl/N-ethyl adjacent to an activating group) is 1. The van der Waals surface area contributed by atoms with Crippen LogP contribution in [-0.4, -0.2) is 61.1 Å². The summed E-state index contributed by atoms with van der Waals surface area (Å²) in [5, 5.41) is 0. The van der Waals surface area contributed by atoms with E-state index in [1.807, 2.05) is 42.6 Å². The molecule has 27 heavy (non-hydrogen) atoms. The summed E-state index contributed by atoms with van der Waals surface area (Å²) in [4.78, 5) is 14.8. The highest BCUT2D eigenvalue weighted by Crippen LogP contribution is 2.34. The van der Waals surface area contributed by atoms with Gasteiger partial charge in [-0.1, -0.05) is 19.1 Å². The van der Waals surface area contributed by atoms with Crippen LogP contribution < -0.4 is 4.74 Å². The summed E-state index contributed by atoms with van der Waals surface area (Å²) in [7, 11) is -1.82. The SMILES string of the molecule is CCN(CC(=O)N1CCn2cccc2[C@@H]1c1cccc(OC)c1)S(C)(=O)=O. The lowest BCUT2D eigenvalue weighted by atomic mass is 9.99. The maximum absolute atomic E-state index is 13.1. The first-order valence-corrected chi connectivity index (χ1v) is 10.7. The van der Waals surface area contributed by atoms with Gasteiger partial charge in [0.25, 0.3) is 0 Å². The Morgan fingerprint density at radius 2 is 2.04 bits per heavy atom. The Bertz CT molecular complexity index is 923. The van der Waals surface area contributed by atoms with E-state index < -0.39 is 10.0 Å². The quantitative estimate of drug-likeness (QED) is 0.752. The first-order chi connectivity index (χ1) is 12.8. The minimum atomic E-state index is -3.43. The molecule has 0 saturated carbocycles. The number of fused-ring (bicyclic) bond motifs is 1. The van der Waals surface area contributed by atoms with Crippen LogP contribution >= 0.6 is 0 Å². The summed E-state index contributed by atoms with van der Waals surface area (Å²) in [5.41, 5.74) is 1.94. The Morgan fingerprint density at radius 3 is 2.70 bits per heavy atom. The van der Waals surface area contributed by atoms with Crippen molar-refractivity contribution in [3.05, 3.63) is 53.9 Å². The van der Waals surface area contributed by atoms with Crippen LogP contribution in [0.2, 0.25) is 0 Å². The van der Waals surface area contributed by atoms with Crippen molar-refractivity contribution in [2.24, 2.45) is 0 Å². The summed E-state index contributed by atoms with van der Waals surface area (Å²) in [6.07, 6.45) is 3.13. The molecule has 3 rings (SSSR count). The molecule has 2 aromatic rings. The van der Waals surface area contributed by atoms with Gasteiger partial charge >= 0.3 is 0 Å². The molecule has 0 saturated heterocycles. The van der Waals surface area contributed by atoms with Crippen LogP contribution in [-0.2, 0) is 21.4 Å². The molecule has 0 N–H and O–H groups in total. The monoisotopic (exact) mass is 391 g/mol. The molecule has 146 valence electrons. The molecule has 1 aliphatic heterocycles. The molecular weight excluding hydrogens is 366 g/mol. The van der Waals surface area contributed by atoms with Crippen LogP contribution in [0.5, 0.6) is 5.75 Å². The van der Waals surface area contributed by atoms with Crippen LogP contribution in [0.3, 0.4) is 0 Å². The third-order valence-electron chi connectivity index (χ3n) is 4.90. The third kappa shape index (κ3) is 4.01. The number of nitrogens with zero attached hydrogens (tertiary/aromatic N) is 3. The van der Waals surface area contributed by atoms with E-state index in [2.05, 4.69) is 4.57 Å². The second kappa shape index (κ2) is 7.74. The second-order valence-corrected chi connectivity index (χ2v) is 8.56. The van der Waals surface area contributed by atoms with Gasteiger partial charge in [-0.05, 0) is 29.8 Å². The lowest BCUT2D eigenvalue weighted by Gasteiger charge is -2.38. The van der Waals surface area contributed by atoms with Gasteiger partial charge in [0.05, 0.1) is 26.0 Å². The minimum absolute atomic E-state index is 0.156. The van der Waals surface area contributed by atoms with Crippen molar-refractivity contribution in [1.29, 1.82) is 0 Å². The highest BCUT2D eigenvalue weighted by Gasteiger charge is 2.33. The average Bonchev–Trinajstić information content (AvgIpc) is 3.12. The molecular formula is C19H25N3O4S. The van der Waals surface area contributed by atoms with E-state index in [4.69, 9.17) is 4.74 Å². The lowest BCUT2D eigenvalue weighted by Crippen LogP contribution is -2.47. The van der Waals surface area contributed by atoms with Gasteiger partial charge in [0.15, 0.2) is 0 Å². The Balaban J connectivity index is 1.97. The van der Waals surface area contributed by atoms with E-state index in [0.717, 1.165) is 23.3 Å². The van der Waals surface area contributed by atoms with E-state index in [0.29, 0.717) is 13.1 Å². The van der Waals surface area contributed by atoms with Crippen LogP contribution in [0.4, 0.5) is 0 Å². The second-order valence-electron chi connectivity index (χ2n) is 6.58. The Hall–Kier alpha value is -2.32. The molecule has 0 spiro atoms. The van der Waals surface area contributed by atoms with Crippen molar-refractivity contribution in [3.8, 4) is 5.75 Å². The topological polar surface area (TPSA) is 71.9 Å². The molecule has 0 bridgehead atoms. The largest absolute Gasteiger partial charge is 0.497 e. The van der Waals surface area contributed by atoms with Crippen molar-refractivity contribution in [1.82, 2.24) is 13.8 Å². The summed E-state index contributed by atoms with van der Waals surface area (Å²) in [6, 6.07) is 11.3. The number of amides is 1. The van der Waals surface area contributed by atoms with Gasteiger partial charge in [-0.3, -0.25) is 4.79 Å². The molecule has 7 nitrogen and oxygen atoms in total. The number of aromatic nitrogens is 1. The fourth-order valence-electron chi connectivity index (χ4n) is 3.52. The number of methoxy groups -OCH3 is 1. The Kier molecular flexibility index (Phi) is 5.57. The predicted molar refractivity (Wildman–Crippen MR) is 103 cm³/mol. The zero-order valence-electron chi connectivity index (χ0n) is 15.8. The number of sulfonamides is 1. The number of ether oxygens (including phenoxy) is 1. The Morgan fingerprint density at radius 1 is 1.26 bits per heavy atom. The van der Waals surface area contributed by atoms with Crippen LogP contribution in [0.25, 0.3) is 0 Å². The molecule has 0 radical (unpaired) electrons. The number of rotatable bonds is 6. The number of carbonyl (C=O) groups excluding carboxylic acids is 1. The molecule has 1 aliphatic rings. The van der Waals surface area contributed by atoms with Gasteiger partial charge in [0.1, 0.15) is 5.75 Å². The van der Waals surface area contributed by atoms with Gasteiger partial charge < -0.3 is 14.2 Å². The molecule has 8 heteroatoms. The molecule has 1 atom stereocenters.